The molecule has 5 rings (SSSR count). The average molecular weight is 477 g/mol. The maximum atomic E-state index is 10.6. The number of alkyl halides is 3. The van der Waals surface area contributed by atoms with Crippen LogP contribution < -0.4 is 14.8 Å². The van der Waals surface area contributed by atoms with E-state index in [1.807, 2.05) is 24.3 Å². The van der Waals surface area contributed by atoms with Gasteiger partial charge in [-0.1, -0.05) is 12.1 Å². The maximum Gasteiger partial charge on any atom is 0.490 e. The van der Waals surface area contributed by atoms with Gasteiger partial charge in [-0.15, -0.1) is 0 Å². The molecule has 11 heteroatoms. The zero-order valence-corrected chi connectivity index (χ0v) is 18.0. The Kier molecular flexibility index (Phi) is 7.01. The predicted octanol–water partition coefficient (Wildman–Crippen LogP) is 4.64. The molecule has 1 aromatic heterocycles. The molecule has 34 heavy (non-hydrogen) atoms. The van der Waals surface area contributed by atoms with Crippen LogP contribution in [0.4, 0.5) is 19.0 Å². The highest BCUT2D eigenvalue weighted by Gasteiger charge is 2.38. The predicted molar refractivity (Wildman–Crippen MR) is 117 cm³/mol. The first-order valence-electron chi connectivity index (χ1n) is 10.6. The second-order valence-electron chi connectivity index (χ2n) is 7.69. The van der Waals surface area contributed by atoms with Crippen molar-refractivity contribution in [3.63, 3.8) is 0 Å². The summed E-state index contributed by atoms with van der Waals surface area (Å²) in [6.07, 6.45) is 0.253. The fourth-order valence-corrected chi connectivity index (χ4v) is 3.63. The fraction of sp³-hybridized carbons (Fsp3) is 0.348. The van der Waals surface area contributed by atoms with Crippen LogP contribution in [-0.4, -0.2) is 53.3 Å². The van der Waals surface area contributed by atoms with E-state index in [9.17, 15) is 13.2 Å². The third-order valence-corrected chi connectivity index (χ3v) is 5.35. The smallest absolute Gasteiger partial charge is 0.475 e. The summed E-state index contributed by atoms with van der Waals surface area (Å²) in [5.74, 6) is -0.341. The number of benzene rings is 2. The molecule has 8 nitrogen and oxygen atoms in total. The normalized spacial score (nSPS) is 17.1. The topological polar surface area (TPSA) is 103 Å². The largest absolute Gasteiger partial charge is 0.490 e. The molecule has 3 aromatic rings. The third-order valence-electron chi connectivity index (χ3n) is 5.35. The molecule has 1 saturated heterocycles. The average Bonchev–Trinajstić information content (AvgIpc) is 3.31. The van der Waals surface area contributed by atoms with Crippen LogP contribution in [0, 0.1) is 0 Å². The van der Waals surface area contributed by atoms with Gasteiger partial charge in [0.25, 0.3) is 0 Å². The number of ether oxygens (including phenoxy) is 3. The standard InChI is InChI=1S/C21H21N3O3.C2HF3O2/c1-2-8-25-16(3-1)11-22-21-17-9-14(4-6-18(17)23-12-24-21)15-5-7-19-20(10-15)27-13-26-19;3-2(4,5)1(6)7/h4-7,9-10,12,16H,1-3,8,11,13H2,(H,22,23,24);(H,6,7). The van der Waals surface area contributed by atoms with Crippen molar-refractivity contribution in [3.05, 3.63) is 42.7 Å². The lowest BCUT2D eigenvalue weighted by molar-refractivity contribution is -0.192. The van der Waals surface area contributed by atoms with Gasteiger partial charge in [0.05, 0.1) is 11.6 Å². The van der Waals surface area contributed by atoms with Gasteiger partial charge in [0.1, 0.15) is 12.1 Å². The van der Waals surface area contributed by atoms with Crippen molar-refractivity contribution >= 4 is 22.7 Å². The van der Waals surface area contributed by atoms with Crippen LogP contribution in [0.3, 0.4) is 0 Å². The number of carboxylic acid groups (broad SMARTS) is 1. The van der Waals surface area contributed by atoms with Crippen LogP contribution in [0.1, 0.15) is 19.3 Å². The van der Waals surface area contributed by atoms with Crippen molar-refractivity contribution in [2.45, 2.75) is 31.5 Å². The van der Waals surface area contributed by atoms with E-state index in [0.29, 0.717) is 0 Å². The van der Waals surface area contributed by atoms with Crippen LogP contribution in [0.25, 0.3) is 22.0 Å². The van der Waals surface area contributed by atoms with Gasteiger partial charge in [-0.25, -0.2) is 14.8 Å². The SMILES string of the molecule is O=C(O)C(F)(F)F.c1nc(NCC2CCCCO2)c2cc(-c3ccc4c(c3)OCO4)ccc2n1. The summed E-state index contributed by atoms with van der Waals surface area (Å²) < 4.78 is 48.5. The van der Waals surface area contributed by atoms with Crippen molar-refractivity contribution in [1.29, 1.82) is 0 Å². The van der Waals surface area contributed by atoms with Gasteiger partial charge >= 0.3 is 12.1 Å². The first-order chi connectivity index (χ1) is 16.3. The minimum atomic E-state index is -5.08. The minimum Gasteiger partial charge on any atom is -0.475 e. The molecule has 180 valence electrons. The number of carbonyl (C=O) groups is 1. The van der Waals surface area contributed by atoms with E-state index in [-0.39, 0.29) is 12.9 Å². The Morgan fingerprint density at radius 1 is 1.06 bits per heavy atom. The summed E-state index contributed by atoms with van der Waals surface area (Å²) in [4.78, 5) is 17.8. The summed E-state index contributed by atoms with van der Waals surface area (Å²) in [6, 6.07) is 12.2. The highest BCUT2D eigenvalue weighted by molar-refractivity contribution is 5.92. The van der Waals surface area contributed by atoms with Crippen molar-refractivity contribution in [2.75, 3.05) is 25.3 Å². The molecule has 1 atom stereocenters. The number of aromatic nitrogens is 2. The van der Waals surface area contributed by atoms with Gasteiger partial charge in [-0.2, -0.15) is 13.2 Å². The zero-order valence-electron chi connectivity index (χ0n) is 18.0. The minimum absolute atomic E-state index is 0.251. The second-order valence-corrected chi connectivity index (χ2v) is 7.69. The first kappa shape index (κ1) is 23.6. The van der Waals surface area contributed by atoms with Gasteiger partial charge < -0.3 is 24.6 Å². The number of carboxylic acids is 1. The van der Waals surface area contributed by atoms with E-state index in [0.717, 1.165) is 65.3 Å². The number of nitrogens with zero attached hydrogens (tertiary/aromatic N) is 2. The zero-order chi connectivity index (χ0) is 24.1. The molecule has 3 heterocycles. The quantitative estimate of drug-likeness (QED) is 0.560. The molecular weight excluding hydrogens is 455 g/mol. The van der Waals surface area contributed by atoms with Crippen LogP contribution in [0.2, 0.25) is 0 Å². The number of aliphatic carboxylic acids is 1. The highest BCUT2D eigenvalue weighted by Crippen LogP contribution is 2.37. The molecule has 0 amide bonds. The van der Waals surface area contributed by atoms with Gasteiger partial charge in [0, 0.05) is 18.5 Å². The Bertz CT molecular complexity index is 1170. The van der Waals surface area contributed by atoms with E-state index >= 15 is 0 Å². The van der Waals surface area contributed by atoms with Gasteiger partial charge in [0.15, 0.2) is 11.5 Å². The maximum absolute atomic E-state index is 10.6. The Balaban J connectivity index is 0.000000344. The number of halogens is 3. The fourth-order valence-electron chi connectivity index (χ4n) is 3.63. The molecule has 2 aliphatic rings. The summed E-state index contributed by atoms with van der Waals surface area (Å²) in [5.41, 5.74) is 3.08. The van der Waals surface area contributed by atoms with E-state index in [4.69, 9.17) is 24.1 Å². The second kappa shape index (κ2) is 10.1. The Morgan fingerprint density at radius 2 is 1.79 bits per heavy atom. The molecule has 1 unspecified atom stereocenters. The van der Waals surface area contributed by atoms with Crippen molar-refractivity contribution < 1.29 is 37.3 Å². The first-order valence-corrected chi connectivity index (χ1v) is 10.6. The van der Waals surface area contributed by atoms with E-state index in [1.54, 1.807) is 6.33 Å². The molecule has 0 aliphatic carbocycles. The monoisotopic (exact) mass is 477 g/mol. The van der Waals surface area contributed by atoms with E-state index in [2.05, 4.69) is 27.4 Å². The van der Waals surface area contributed by atoms with E-state index < -0.39 is 12.1 Å². The Morgan fingerprint density at radius 3 is 2.53 bits per heavy atom. The van der Waals surface area contributed by atoms with Gasteiger partial charge in [0.2, 0.25) is 6.79 Å². The number of anilines is 1. The summed E-state index contributed by atoms with van der Waals surface area (Å²) in [7, 11) is 0. The molecule has 0 radical (unpaired) electrons. The summed E-state index contributed by atoms with van der Waals surface area (Å²) in [6.45, 7) is 1.90. The summed E-state index contributed by atoms with van der Waals surface area (Å²) in [5, 5.41) is 11.6. The van der Waals surface area contributed by atoms with Crippen LogP contribution in [0.5, 0.6) is 11.5 Å². The van der Waals surface area contributed by atoms with Crippen molar-refractivity contribution in [3.8, 4) is 22.6 Å². The lowest BCUT2D eigenvalue weighted by Gasteiger charge is -2.23. The van der Waals surface area contributed by atoms with Crippen molar-refractivity contribution in [1.82, 2.24) is 9.97 Å². The highest BCUT2D eigenvalue weighted by atomic mass is 19.4. The third kappa shape index (κ3) is 5.66. The number of rotatable bonds is 4. The lowest BCUT2D eigenvalue weighted by Crippen LogP contribution is -2.27. The molecule has 2 aromatic carbocycles. The molecule has 2 aliphatic heterocycles. The molecule has 0 bridgehead atoms. The van der Waals surface area contributed by atoms with Gasteiger partial charge in [-0.05, 0) is 54.7 Å². The lowest BCUT2D eigenvalue weighted by atomic mass is 10.0. The number of nitrogens with one attached hydrogen (secondary N) is 1. The van der Waals surface area contributed by atoms with Crippen LogP contribution >= 0.6 is 0 Å². The van der Waals surface area contributed by atoms with Crippen LogP contribution in [0.15, 0.2) is 42.7 Å². The Labute approximate surface area is 192 Å². The van der Waals surface area contributed by atoms with Crippen LogP contribution in [-0.2, 0) is 9.53 Å². The molecule has 1 fully saturated rings. The molecule has 0 saturated carbocycles. The molecular formula is C23H22F3N3O5. The number of hydrogen-bond donors (Lipinski definition) is 2. The van der Waals surface area contributed by atoms with E-state index in [1.165, 1.54) is 6.42 Å². The molecule has 0 spiro atoms. The summed E-state index contributed by atoms with van der Waals surface area (Å²) >= 11 is 0. The van der Waals surface area contributed by atoms with Gasteiger partial charge in [-0.3, -0.25) is 0 Å². The number of fused-ring (bicyclic) bond motifs is 2. The molecule has 2 N–H and O–H groups in total. The van der Waals surface area contributed by atoms with Crippen molar-refractivity contribution in [2.24, 2.45) is 0 Å². The Hall–Kier alpha value is -3.60. The number of hydrogen-bond acceptors (Lipinski definition) is 7.